The van der Waals surface area contributed by atoms with Gasteiger partial charge in [-0.1, -0.05) is 255 Å². The lowest BCUT2D eigenvalue weighted by Gasteiger charge is -2.14. The minimum Gasteiger partial charge on any atom is -0.264 e. The smallest absolute Gasteiger partial charge is 0.164 e. The predicted molar refractivity (Wildman–Crippen MR) is 392 cm³/mol. The highest BCUT2D eigenvalue weighted by Gasteiger charge is 2.19. The fraction of sp³-hybridized carbons (Fsp3) is 0. The third kappa shape index (κ3) is 10.9. The van der Waals surface area contributed by atoms with Crippen LogP contribution < -0.4 is 0 Å². The average molecular weight is 1230 g/mol. The summed E-state index contributed by atoms with van der Waals surface area (Å²) in [6.07, 6.45) is 7.36. The van der Waals surface area contributed by atoms with E-state index in [1.165, 1.54) is 16.3 Å². The van der Waals surface area contributed by atoms with E-state index in [1.54, 1.807) is 12.4 Å². The van der Waals surface area contributed by atoms with Crippen LogP contribution in [-0.2, 0) is 0 Å². The molecule has 18 aromatic rings. The van der Waals surface area contributed by atoms with Gasteiger partial charge in [0.25, 0.3) is 0 Å². The molecule has 0 bridgehead atoms. The van der Waals surface area contributed by atoms with Gasteiger partial charge in [0.1, 0.15) is 0 Å². The summed E-state index contributed by atoms with van der Waals surface area (Å²) in [5.74, 6) is 1.94. The summed E-state index contributed by atoms with van der Waals surface area (Å²) in [6.45, 7) is 0. The number of aromatic nitrogens is 9. The molecule has 0 aliphatic carbocycles. The Bertz CT molecular complexity index is 5860. The van der Waals surface area contributed by atoms with Gasteiger partial charge in [-0.3, -0.25) is 9.97 Å². The van der Waals surface area contributed by atoms with Gasteiger partial charge in [-0.15, -0.1) is 0 Å². The molecule has 7 aromatic heterocycles. The predicted octanol–water partition coefficient (Wildman–Crippen LogP) is 21.5. The molecule has 18 rings (SSSR count). The van der Waals surface area contributed by atoms with Crippen molar-refractivity contribution in [1.82, 2.24) is 44.9 Å². The van der Waals surface area contributed by atoms with Crippen molar-refractivity contribution in [3.05, 3.63) is 334 Å². The van der Waals surface area contributed by atoms with E-state index < -0.39 is 0 Å². The van der Waals surface area contributed by atoms with E-state index >= 15 is 0 Å². The van der Waals surface area contributed by atoms with Gasteiger partial charge in [0.2, 0.25) is 0 Å². The molecule has 448 valence electrons. The van der Waals surface area contributed by atoms with Crippen LogP contribution in [0.1, 0.15) is 0 Å². The molecule has 0 N–H and O–H groups in total. The van der Waals surface area contributed by atoms with Gasteiger partial charge < -0.3 is 0 Å². The van der Waals surface area contributed by atoms with E-state index in [9.17, 15) is 0 Å². The second-order valence-electron chi connectivity index (χ2n) is 23.6. The Labute approximate surface area is 553 Å². The molecular weight excluding hydrogens is 1170 g/mol. The number of rotatable bonds is 10. The molecule has 0 saturated carbocycles. The molecule has 0 saturated heterocycles. The van der Waals surface area contributed by atoms with E-state index in [4.69, 9.17) is 34.9 Å². The van der Waals surface area contributed by atoms with Gasteiger partial charge >= 0.3 is 0 Å². The highest BCUT2D eigenvalue weighted by molar-refractivity contribution is 6.18. The Hall–Kier alpha value is -13.1. The van der Waals surface area contributed by atoms with Crippen molar-refractivity contribution in [3.8, 4) is 113 Å². The minimum atomic E-state index is 0.642. The van der Waals surface area contributed by atoms with Gasteiger partial charge in [0, 0.05) is 107 Å². The lowest BCUT2D eigenvalue weighted by molar-refractivity contribution is 1.07. The topological polar surface area (TPSA) is 116 Å². The van der Waals surface area contributed by atoms with Crippen LogP contribution in [0.5, 0.6) is 0 Å². The standard InChI is InChI=1S/C45H29N5.C42H26N4/c1-3-11-33(12-4-1)43-48-44(34-13-5-2-6-14-34)50-45(49-43)35-26-22-31(23-27-35)30-20-24-32(25-21-30)37-17-9-18-39-41(37)38-16-7-8-19-40(38)47-42(39)36-15-10-28-46-29-36;1-2-9-27(10-3-1)36-22-20-28-18-19-29-21-23-37(45-42(29)41(28)44-36)31-12-6-11-30(25-31)33-15-7-16-35-39(33)34-14-4-5-17-38(34)46-40(35)32-13-8-24-43-26-32/h1-29H;1-26H. The Morgan fingerprint density at radius 1 is 0.208 bits per heavy atom. The quantitative estimate of drug-likeness (QED) is 0.123. The van der Waals surface area contributed by atoms with E-state index in [1.807, 2.05) is 116 Å². The molecule has 11 aromatic carbocycles. The first kappa shape index (κ1) is 56.8. The average Bonchev–Trinajstić information content (AvgIpc) is 0.762. The van der Waals surface area contributed by atoms with Crippen LogP contribution in [0.15, 0.2) is 334 Å². The van der Waals surface area contributed by atoms with Crippen molar-refractivity contribution in [2.75, 3.05) is 0 Å². The molecule has 0 radical (unpaired) electrons. The number of hydrogen-bond donors (Lipinski definition) is 0. The van der Waals surface area contributed by atoms with Gasteiger partial charge in [-0.05, 0) is 88.0 Å². The molecule has 0 fully saturated rings. The van der Waals surface area contributed by atoms with Crippen molar-refractivity contribution in [2.45, 2.75) is 0 Å². The summed E-state index contributed by atoms with van der Waals surface area (Å²) in [5, 5.41) is 8.99. The first-order valence-corrected chi connectivity index (χ1v) is 32.0. The first-order chi connectivity index (χ1) is 47.6. The largest absolute Gasteiger partial charge is 0.264 e. The minimum absolute atomic E-state index is 0.642. The van der Waals surface area contributed by atoms with E-state index in [2.05, 4.69) is 216 Å². The van der Waals surface area contributed by atoms with Crippen LogP contribution in [0.3, 0.4) is 0 Å². The SMILES string of the molecule is c1ccc(-c2ccc3ccc4ccc(-c5cccc(-c6cccc7c(-c8cccnc8)nc8ccccc8c67)c5)nc4c3n2)cc1.c1ccc(-c2nc(-c3ccccc3)nc(-c3ccc(-c4ccc(-c5cccc6c(-c7cccnc7)nc7ccccc7c56)cc4)cc3)n2)cc1. The van der Waals surface area contributed by atoms with Gasteiger partial charge in [0.15, 0.2) is 17.5 Å². The van der Waals surface area contributed by atoms with Crippen molar-refractivity contribution in [3.63, 3.8) is 0 Å². The molecule has 0 unspecified atom stereocenters. The molecule has 0 aliphatic heterocycles. The zero-order chi connectivity index (χ0) is 63.7. The third-order valence-corrected chi connectivity index (χ3v) is 17.8. The number of pyridine rings is 6. The molecule has 9 heteroatoms. The van der Waals surface area contributed by atoms with Crippen molar-refractivity contribution >= 4 is 65.2 Å². The highest BCUT2D eigenvalue weighted by Crippen LogP contribution is 2.42. The number of benzene rings is 11. The lowest BCUT2D eigenvalue weighted by Crippen LogP contribution is -2.00. The number of hydrogen-bond acceptors (Lipinski definition) is 9. The van der Waals surface area contributed by atoms with Crippen LogP contribution in [-0.4, -0.2) is 44.9 Å². The summed E-state index contributed by atoms with van der Waals surface area (Å²) in [7, 11) is 0. The first-order valence-electron chi connectivity index (χ1n) is 32.0. The molecule has 0 aliphatic rings. The molecule has 7 heterocycles. The summed E-state index contributed by atoms with van der Waals surface area (Å²) < 4.78 is 0. The highest BCUT2D eigenvalue weighted by atomic mass is 15.0. The van der Waals surface area contributed by atoms with Crippen molar-refractivity contribution in [1.29, 1.82) is 0 Å². The van der Waals surface area contributed by atoms with Crippen LogP contribution in [0.25, 0.3) is 178 Å². The maximum atomic E-state index is 5.23. The summed E-state index contributed by atoms with van der Waals surface area (Å²) in [6, 6.07) is 107. The molecule has 0 spiro atoms. The van der Waals surface area contributed by atoms with Crippen LogP contribution in [0.2, 0.25) is 0 Å². The van der Waals surface area contributed by atoms with Gasteiger partial charge in [-0.2, -0.15) is 0 Å². The Morgan fingerprint density at radius 2 is 0.573 bits per heavy atom. The molecule has 0 amide bonds. The zero-order valence-corrected chi connectivity index (χ0v) is 51.8. The van der Waals surface area contributed by atoms with E-state index in [0.717, 1.165) is 144 Å². The number of fused-ring (bicyclic) bond motifs is 9. The van der Waals surface area contributed by atoms with Gasteiger partial charge in [-0.25, -0.2) is 34.9 Å². The van der Waals surface area contributed by atoms with Gasteiger partial charge in [0.05, 0.1) is 44.8 Å². The fourth-order valence-corrected chi connectivity index (χ4v) is 13.1. The summed E-state index contributed by atoms with van der Waals surface area (Å²) in [5.41, 5.74) is 21.3. The fourth-order valence-electron chi connectivity index (χ4n) is 13.1. The lowest BCUT2D eigenvalue weighted by atomic mass is 9.92. The second kappa shape index (κ2) is 24.8. The molecule has 96 heavy (non-hydrogen) atoms. The molecule has 9 nitrogen and oxygen atoms in total. The summed E-state index contributed by atoms with van der Waals surface area (Å²) >= 11 is 0. The van der Waals surface area contributed by atoms with Crippen LogP contribution >= 0.6 is 0 Å². The van der Waals surface area contributed by atoms with Crippen LogP contribution in [0, 0.1) is 0 Å². The summed E-state index contributed by atoms with van der Waals surface area (Å²) in [4.78, 5) is 43.9. The Morgan fingerprint density at radius 3 is 1.06 bits per heavy atom. The Balaban J connectivity index is 0.000000146. The Kier molecular flexibility index (Phi) is 14.7. The monoisotopic (exact) mass is 1230 g/mol. The normalized spacial score (nSPS) is 11.3. The van der Waals surface area contributed by atoms with Crippen molar-refractivity contribution in [2.24, 2.45) is 0 Å². The maximum absolute atomic E-state index is 5.23. The molecule has 0 atom stereocenters. The number of nitrogens with zero attached hydrogens (tertiary/aromatic N) is 9. The third-order valence-electron chi connectivity index (χ3n) is 17.8. The van der Waals surface area contributed by atoms with Crippen molar-refractivity contribution < 1.29 is 0 Å². The zero-order valence-electron chi connectivity index (χ0n) is 51.8. The number of para-hydroxylation sites is 2. The van der Waals surface area contributed by atoms with E-state index in [0.29, 0.717) is 17.5 Å². The van der Waals surface area contributed by atoms with Crippen LogP contribution in [0.4, 0.5) is 0 Å². The molecular formula is C87H55N9. The maximum Gasteiger partial charge on any atom is 0.164 e. The van der Waals surface area contributed by atoms with E-state index in [-0.39, 0.29) is 0 Å². The second-order valence-corrected chi connectivity index (χ2v) is 23.6.